The highest BCUT2D eigenvalue weighted by Crippen LogP contribution is 2.23. The predicted octanol–water partition coefficient (Wildman–Crippen LogP) is 5.38. The summed E-state index contributed by atoms with van der Waals surface area (Å²) in [6, 6.07) is 25.0. The standard InChI is InChI=1S/C32H40N4O4/c1-3-5-7-14-29(21-36(24-37)40-22-25-12-8-6-9-13-25)32(39)35-23-34-31(38)28-17-10-15-26(19-28)27-16-11-18-30(20-27)33-4-2/h6,8-13,15-20,24,29,33H,3-5,7,14,21-23H2,1-2H3,(H,34,38)(H,35,39). The van der Waals surface area contributed by atoms with Crippen LogP contribution >= 0.6 is 0 Å². The Labute approximate surface area is 237 Å². The Kier molecular flexibility index (Phi) is 12.7. The van der Waals surface area contributed by atoms with Crippen molar-refractivity contribution in [3.63, 3.8) is 0 Å². The lowest BCUT2D eigenvalue weighted by Gasteiger charge is -2.23. The minimum atomic E-state index is -0.461. The van der Waals surface area contributed by atoms with Gasteiger partial charge in [0.1, 0.15) is 6.61 Å². The van der Waals surface area contributed by atoms with E-state index in [-0.39, 0.29) is 31.6 Å². The molecule has 1 atom stereocenters. The molecule has 3 amide bonds. The fourth-order valence-corrected chi connectivity index (χ4v) is 4.33. The van der Waals surface area contributed by atoms with E-state index >= 15 is 0 Å². The van der Waals surface area contributed by atoms with Crippen molar-refractivity contribution in [1.29, 1.82) is 0 Å². The summed E-state index contributed by atoms with van der Waals surface area (Å²) < 4.78 is 0. The second kappa shape index (κ2) is 16.7. The Morgan fingerprint density at radius 3 is 2.38 bits per heavy atom. The summed E-state index contributed by atoms with van der Waals surface area (Å²) in [6.07, 6.45) is 4.07. The van der Waals surface area contributed by atoms with Gasteiger partial charge in [-0.05, 0) is 54.3 Å². The molecule has 0 radical (unpaired) electrons. The summed E-state index contributed by atoms with van der Waals surface area (Å²) in [5.41, 5.74) is 4.38. The van der Waals surface area contributed by atoms with Crippen LogP contribution in [0.25, 0.3) is 11.1 Å². The SMILES string of the molecule is CCCCCC(CN(C=O)OCc1ccccc1)C(=O)NCNC(=O)c1cccc(-c2cccc(NCC)c2)c1. The molecular weight excluding hydrogens is 504 g/mol. The van der Waals surface area contributed by atoms with Crippen molar-refractivity contribution >= 4 is 23.9 Å². The molecule has 40 heavy (non-hydrogen) atoms. The van der Waals surface area contributed by atoms with Crippen LogP contribution in [-0.2, 0) is 21.0 Å². The first-order valence-corrected chi connectivity index (χ1v) is 13.9. The third-order valence-electron chi connectivity index (χ3n) is 6.50. The third kappa shape index (κ3) is 9.85. The molecule has 8 nitrogen and oxygen atoms in total. The Morgan fingerprint density at radius 1 is 0.900 bits per heavy atom. The minimum Gasteiger partial charge on any atom is -0.385 e. The molecule has 0 bridgehead atoms. The molecule has 0 aliphatic rings. The van der Waals surface area contributed by atoms with Crippen LogP contribution in [0.4, 0.5) is 5.69 Å². The van der Waals surface area contributed by atoms with Gasteiger partial charge in [-0.15, -0.1) is 0 Å². The van der Waals surface area contributed by atoms with Crippen molar-refractivity contribution in [1.82, 2.24) is 15.7 Å². The monoisotopic (exact) mass is 544 g/mol. The quantitative estimate of drug-likeness (QED) is 0.0918. The van der Waals surface area contributed by atoms with Crippen molar-refractivity contribution in [2.75, 3.05) is 25.1 Å². The van der Waals surface area contributed by atoms with E-state index in [4.69, 9.17) is 4.84 Å². The molecule has 0 heterocycles. The Morgan fingerprint density at radius 2 is 1.65 bits per heavy atom. The molecule has 0 saturated heterocycles. The fraction of sp³-hybridized carbons (Fsp3) is 0.344. The molecule has 0 aliphatic heterocycles. The van der Waals surface area contributed by atoms with E-state index in [0.717, 1.165) is 48.2 Å². The average Bonchev–Trinajstić information content (AvgIpc) is 2.99. The molecule has 0 aliphatic carbocycles. The molecule has 3 rings (SSSR count). The summed E-state index contributed by atoms with van der Waals surface area (Å²) >= 11 is 0. The van der Waals surface area contributed by atoms with Crippen molar-refractivity contribution < 1.29 is 19.2 Å². The average molecular weight is 545 g/mol. The number of amides is 3. The fourth-order valence-electron chi connectivity index (χ4n) is 4.33. The van der Waals surface area contributed by atoms with Crippen LogP contribution in [0.2, 0.25) is 0 Å². The highest BCUT2D eigenvalue weighted by atomic mass is 16.7. The van der Waals surface area contributed by atoms with Gasteiger partial charge < -0.3 is 16.0 Å². The van der Waals surface area contributed by atoms with Gasteiger partial charge in [0.05, 0.1) is 19.1 Å². The van der Waals surface area contributed by atoms with Gasteiger partial charge in [-0.1, -0.05) is 80.8 Å². The number of carbonyl (C=O) groups excluding carboxylic acids is 3. The normalized spacial score (nSPS) is 11.3. The zero-order chi connectivity index (χ0) is 28.6. The number of anilines is 1. The minimum absolute atomic E-state index is 0.0198. The second-order valence-corrected chi connectivity index (χ2v) is 9.57. The van der Waals surface area contributed by atoms with Gasteiger partial charge >= 0.3 is 0 Å². The van der Waals surface area contributed by atoms with Gasteiger partial charge in [0.15, 0.2) is 0 Å². The van der Waals surface area contributed by atoms with Gasteiger partial charge in [0.2, 0.25) is 12.3 Å². The number of rotatable bonds is 17. The summed E-state index contributed by atoms with van der Waals surface area (Å²) in [6.45, 7) is 5.31. The lowest BCUT2D eigenvalue weighted by atomic mass is 10.00. The largest absolute Gasteiger partial charge is 0.385 e. The molecule has 8 heteroatoms. The Bertz CT molecular complexity index is 1220. The van der Waals surface area contributed by atoms with Crippen LogP contribution in [0, 0.1) is 5.92 Å². The highest BCUT2D eigenvalue weighted by Gasteiger charge is 2.22. The molecule has 212 valence electrons. The molecule has 3 aromatic carbocycles. The first-order chi connectivity index (χ1) is 19.5. The molecular formula is C32H40N4O4. The zero-order valence-corrected chi connectivity index (χ0v) is 23.4. The summed E-state index contributed by atoms with van der Waals surface area (Å²) in [5.74, 6) is -0.981. The number of unbranched alkanes of at least 4 members (excludes halogenated alkanes) is 2. The second-order valence-electron chi connectivity index (χ2n) is 9.57. The van der Waals surface area contributed by atoms with Gasteiger partial charge in [-0.2, -0.15) is 0 Å². The molecule has 0 aromatic heterocycles. The van der Waals surface area contributed by atoms with E-state index < -0.39 is 5.92 Å². The van der Waals surface area contributed by atoms with E-state index in [0.29, 0.717) is 18.4 Å². The van der Waals surface area contributed by atoms with Crippen molar-refractivity contribution in [2.24, 2.45) is 5.92 Å². The number of nitrogens with zero attached hydrogens (tertiary/aromatic N) is 1. The molecule has 0 spiro atoms. The summed E-state index contributed by atoms with van der Waals surface area (Å²) in [7, 11) is 0. The molecule has 0 fully saturated rings. The zero-order valence-electron chi connectivity index (χ0n) is 23.4. The van der Waals surface area contributed by atoms with Crippen LogP contribution in [0.3, 0.4) is 0 Å². The summed E-state index contributed by atoms with van der Waals surface area (Å²) in [5, 5.41) is 10.1. The van der Waals surface area contributed by atoms with Gasteiger partial charge in [-0.3, -0.25) is 19.2 Å². The molecule has 3 aromatic rings. The lowest BCUT2D eigenvalue weighted by Crippen LogP contribution is -2.43. The first kappa shape index (κ1) is 30.4. The van der Waals surface area contributed by atoms with Gasteiger partial charge in [0.25, 0.3) is 5.91 Å². The molecule has 0 saturated carbocycles. The third-order valence-corrected chi connectivity index (χ3v) is 6.50. The number of carbonyl (C=O) groups is 3. The first-order valence-electron chi connectivity index (χ1n) is 13.9. The van der Waals surface area contributed by atoms with Crippen LogP contribution in [-0.4, -0.2) is 43.0 Å². The topological polar surface area (TPSA) is 99.8 Å². The maximum atomic E-state index is 13.0. The lowest BCUT2D eigenvalue weighted by molar-refractivity contribution is -0.182. The van der Waals surface area contributed by atoms with E-state index in [1.807, 2.05) is 79.7 Å². The van der Waals surface area contributed by atoms with Crippen LogP contribution in [0.15, 0.2) is 78.9 Å². The molecule has 1 unspecified atom stereocenters. The molecule has 3 N–H and O–H groups in total. The predicted molar refractivity (Wildman–Crippen MR) is 158 cm³/mol. The van der Waals surface area contributed by atoms with Crippen molar-refractivity contribution in [3.8, 4) is 11.1 Å². The number of hydrogen-bond acceptors (Lipinski definition) is 5. The number of hydroxylamine groups is 2. The van der Waals surface area contributed by atoms with Gasteiger partial charge in [-0.25, -0.2) is 5.06 Å². The Balaban J connectivity index is 1.55. The van der Waals surface area contributed by atoms with E-state index in [1.165, 1.54) is 5.06 Å². The smallest absolute Gasteiger partial charge is 0.252 e. The van der Waals surface area contributed by atoms with E-state index in [9.17, 15) is 14.4 Å². The van der Waals surface area contributed by atoms with Crippen molar-refractivity contribution in [2.45, 2.75) is 46.1 Å². The number of nitrogens with one attached hydrogen (secondary N) is 3. The van der Waals surface area contributed by atoms with Crippen LogP contribution in [0.1, 0.15) is 55.5 Å². The highest BCUT2D eigenvalue weighted by molar-refractivity contribution is 5.95. The van der Waals surface area contributed by atoms with E-state index in [2.05, 4.69) is 22.9 Å². The van der Waals surface area contributed by atoms with Crippen molar-refractivity contribution in [3.05, 3.63) is 90.0 Å². The van der Waals surface area contributed by atoms with E-state index in [1.54, 1.807) is 6.07 Å². The van der Waals surface area contributed by atoms with Crippen LogP contribution < -0.4 is 16.0 Å². The van der Waals surface area contributed by atoms with Gasteiger partial charge in [0, 0.05) is 17.8 Å². The van der Waals surface area contributed by atoms with Crippen LogP contribution in [0.5, 0.6) is 0 Å². The Hall–Kier alpha value is -4.17. The number of hydrogen-bond donors (Lipinski definition) is 3. The maximum Gasteiger partial charge on any atom is 0.252 e. The number of benzene rings is 3. The maximum absolute atomic E-state index is 13.0. The summed E-state index contributed by atoms with van der Waals surface area (Å²) in [4.78, 5) is 43.2.